The molecule has 2 aromatic rings. The lowest BCUT2D eigenvalue weighted by atomic mass is 10.2. The highest BCUT2D eigenvalue weighted by atomic mass is 35.5. The molecule has 1 fully saturated rings. The van der Waals surface area contributed by atoms with E-state index in [2.05, 4.69) is 38.5 Å². The number of hydrogen-bond acceptors (Lipinski definition) is 4. The van der Waals surface area contributed by atoms with E-state index in [4.69, 9.17) is 11.6 Å². The van der Waals surface area contributed by atoms with Gasteiger partial charge in [0.25, 0.3) is 0 Å². The van der Waals surface area contributed by atoms with Gasteiger partial charge < -0.3 is 4.90 Å². The summed E-state index contributed by atoms with van der Waals surface area (Å²) in [4.78, 5) is 6.66. The molecular weight excluding hydrogens is 254 g/mol. The fraction of sp³-hybridized carbons (Fsp3) is 0.333. The van der Waals surface area contributed by atoms with Crippen LogP contribution in [0.5, 0.6) is 0 Å². The molecule has 1 aliphatic rings. The molecule has 1 aliphatic heterocycles. The van der Waals surface area contributed by atoms with Gasteiger partial charge in [0.1, 0.15) is 0 Å². The predicted molar refractivity (Wildman–Crippen MR) is 70.7 cm³/mol. The van der Waals surface area contributed by atoms with Gasteiger partial charge in [-0.25, -0.2) is 4.98 Å². The fourth-order valence-electron chi connectivity index (χ4n) is 2.31. The van der Waals surface area contributed by atoms with Crippen molar-refractivity contribution in [3.8, 4) is 0 Å². The summed E-state index contributed by atoms with van der Waals surface area (Å²) in [6.45, 7) is 1.06. The van der Waals surface area contributed by atoms with E-state index in [1.54, 1.807) is 0 Å². The van der Waals surface area contributed by atoms with Crippen molar-refractivity contribution in [3.63, 3.8) is 0 Å². The minimum absolute atomic E-state index is 0.279. The summed E-state index contributed by atoms with van der Waals surface area (Å²) in [5, 5.41) is 0. The Kier molecular flexibility index (Phi) is 2.99. The van der Waals surface area contributed by atoms with Gasteiger partial charge in [-0.15, -0.1) is 0 Å². The van der Waals surface area contributed by atoms with Gasteiger partial charge >= 0.3 is 0 Å². The molecule has 88 valence electrons. The summed E-state index contributed by atoms with van der Waals surface area (Å²) < 4.78 is 4.86. The SMILES string of the molecule is Clc1nc([C@@H]2CCCN2c2ccccc2)ns1. The number of nitrogens with zero attached hydrogens (tertiary/aromatic N) is 3. The van der Waals surface area contributed by atoms with Crippen molar-refractivity contribution in [2.75, 3.05) is 11.4 Å². The van der Waals surface area contributed by atoms with E-state index >= 15 is 0 Å². The van der Waals surface area contributed by atoms with Crippen LogP contribution in [-0.2, 0) is 0 Å². The molecule has 0 radical (unpaired) electrons. The van der Waals surface area contributed by atoms with Crippen LogP contribution in [0.2, 0.25) is 4.47 Å². The third-order valence-corrected chi connectivity index (χ3v) is 3.87. The molecule has 0 saturated carbocycles. The average Bonchev–Trinajstić information content (AvgIpc) is 2.98. The molecule has 3 rings (SSSR count). The molecule has 0 bridgehead atoms. The Morgan fingerprint density at radius 1 is 1.29 bits per heavy atom. The Labute approximate surface area is 109 Å². The molecule has 1 aromatic heterocycles. The van der Waals surface area contributed by atoms with Crippen LogP contribution in [0.4, 0.5) is 5.69 Å². The van der Waals surface area contributed by atoms with Crippen LogP contribution in [0.25, 0.3) is 0 Å². The molecule has 1 aromatic carbocycles. The summed E-state index contributed by atoms with van der Waals surface area (Å²) in [6, 6.07) is 10.7. The van der Waals surface area contributed by atoms with Crippen molar-refractivity contribution in [3.05, 3.63) is 40.6 Å². The first-order valence-corrected chi connectivity index (χ1v) is 6.80. The molecule has 0 unspecified atom stereocenters. The Hall–Kier alpha value is -1.13. The lowest BCUT2D eigenvalue weighted by molar-refractivity contribution is 0.679. The molecule has 3 nitrogen and oxygen atoms in total. The summed E-state index contributed by atoms with van der Waals surface area (Å²) in [5.74, 6) is 0.862. The van der Waals surface area contributed by atoms with Crippen molar-refractivity contribution in [1.82, 2.24) is 9.36 Å². The summed E-state index contributed by atoms with van der Waals surface area (Å²) >= 11 is 7.13. The number of hydrogen-bond donors (Lipinski definition) is 0. The van der Waals surface area contributed by atoms with E-state index in [9.17, 15) is 0 Å². The number of halogens is 1. The van der Waals surface area contributed by atoms with Gasteiger partial charge in [0.05, 0.1) is 6.04 Å². The molecule has 0 amide bonds. The molecular formula is C12H12ClN3S. The van der Waals surface area contributed by atoms with E-state index in [0.29, 0.717) is 4.47 Å². The first-order valence-electron chi connectivity index (χ1n) is 5.65. The van der Waals surface area contributed by atoms with Gasteiger partial charge in [0.2, 0.25) is 4.47 Å². The monoisotopic (exact) mass is 265 g/mol. The number of aromatic nitrogens is 2. The molecule has 5 heteroatoms. The molecule has 0 spiro atoms. The molecule has 1 atom stereocenters. The van der Waals surface area contributed by atoms with Crippen molar-refractivity contribution in [2.24, 2.45) is 0 Å². The highest BCUT2D eigenvalue weighted by Gasteiger charge is 2.29. The van der Waals surface area contributed by atoms with Crippen molar-refractivity contribution < 1.29 is 0 Å². The number of rotatable bonds is 2. The van der Waals surface area contributed by atoms with E-state index < -0.39 is 0 Å². The summed E-state index contributed by atoms with van der Waals surface area (Å²) in [5.41, 5.74) is 1.24. The zero-order valence-electron chi connectivity index (χ0n) is 9.21. The maximum absolute atomic E-state index is 5.86. The Morgan fingerprint density at radius 3 is 2.82 bits per heavy atom. The molecule has 0 aliphatic carbocycles. The standard InChI is InChI=1S/C12H12ClN3S/c13-12-14-11(15-17-12)10-7-4-8-16(10)9-5-2-1-3-6-9/h1-3,5-6,10H,4,7-8H2/t10-/m0/s1. The second-order valence-electron chi connectivity index (χ2n) is 4.09. The summed E-state index contributed by atoms with van der Waals surface area (Å²) in [6.07, 6.45) is 2.28. The van der Waals surface area contributed by atoms with E-state index in [-0.39, 0.29) is 6.04 Å². The maximum atomic E-state index is 5.86. The van der Waals surface area contributed by atoms with Crippen LogP contribution >= 0.6 is 23.1 Å². The number of anilines is 1. The zero-order valence-corrected chi connectivity index (χ0v) is 10.8. The van der Waals surface area contributed by atoms with Crippen LogP contribution in [0.3, 0.4) is 0 Å². The second-order valence-corrected chi connectivity index (χ2v) is 5.43. The van der Waals surface area contributed by atoms with E-state index in [1.807, 2.05) is 6.07 Å². The Bertz CT molecular complexity index is 499. The Morgan fingerprint density at radius 2 is 2.12 bits per heavy atom. The molecule has 17 heavy (non-hydrogen) atoms. The highest BCUT2D eigenvalue weighted by Crippen LogP contribution is 2.35. The third-order valence-electron chi connectivity index (χ3n) is 3.06. The minimum Gasteiger partial charge on any atom is -0.361 e. The lowest BCUT2D eigenvalue weighted by Gasteiger charge is -2.24. The van der Waals surface area contributed by atoms with Crippen molar-refractivity contribution in [1.29, 1.82) is 0 Å². The zero-order chi connectivity index (χ0) is 11.7. The van der Waals surface area contributed by atoms with Gasteiger partial charge in [-0.1, -0.05) is 18.2 Å². The topological polar surface area (TPSA) is 29.0 Å². The van der Waals surface area contributed by atoms with E-state index in [0.717, 1.165) is 18.8 Å². The fourth-order valence-corrected chi connectivity index (χ4v) is 2.97. The van der Waals surface area contributed by atoms with Gasteiger partial charge in [0, 0.05) is 12.2 Å². The van der Waals surface area contributed by atoms with Crippen LogP contribution < -0.4 is 4.90 Å². The van der Waals surface area contributed by atoms with Gasteiger partial charge in [-0.2, -0.15) is 4.37 Å². The van der Waals surface area contributed by atoms with Crippen LogP contribution in [0.15, 0.2) is 30.3 Å². The van der Waals surface area contributed by atoms with Crippen molar-refractivity contribution >= 4 is 28.8 Å². The lowest BCUT2D eigenvalue weighted by Crippen LogP contribution is -2.23. The first-order chi connectivity index (χ1) is 8.34. The number of para-hydroxylation sites is 1. The molecule has 0 N–H and O–H groups in total. The normalized spacial score (nSPS) is 19.8. The Balaban J connectivity index is 1.90. The predicted octanol–water partition coefficient (Wildman–Crippen LogP) is 3.53. The quantitative estimate of drug-likeness (QED) is 0.832. The smallest absolute Gasteiger partial charge is 0.203 e. The largest absolute Gasteiger partial charge is 0.361 e. The van der Waals surface area contributed by atoms with Crippen LogP contribution in [0.1, 0.15) is 24.7 Å². The molecule has 2 heterocycles. The van der Waals surface area contributed by atoms with Gasteiger partial charge in [-0.3, -0.25) is 0 Å². The van der Waals surface area contributed by atoms with Crippen molar-refractivity contribution in [2.45, 2.75) is 18.9 Å². The van der Waals surface area contributed by atoms with Gasteiger partial charge in [-0.05, 0) is 48.1 Å². The van der Waals surface area contributed by atoms with Crippen LogP contribution in [0, 0.1) is 0 Å². The van der Waals surface area contributed by atoms with Crippen LogP contribution in [-0.4, -0.2) is 15.9 Å². The molecule has 1 saturated heterocycles. The average molecular weight is 266 g/mol. The van der Waals surface area contributed by atoms with Gasteiger partial charge in [0.15, 0.2) is 5.82 Å². The summed E-state index contributed by atoms with van der Waals surface area (Å²) in [7, 11) is 0. The second kappa shape index (κ2) is 4.63. The third kappa shape index (κ3) is 2.15. The maximum Gasteiger partial charge on any atom is 0.203 e. The number of benzene rings is 1. The van der Waals surface area contributed by atoms with E-state index in [1.165, 1.54) is 23.6 Å². The highest BCUT2D eigenvalue weighted by molar-refractivity contribution is 7.10. The first kappa shape index (κ1) is 11.0. The minimum atomic E-state index is 0.279.